The average molecular weight is 424 g/mol. The number of hydrogen-bond acceptors (Lipinski definition) is 4. The molecule has 0 bridgehead atoms. The van der Waals surface area contributed by atoms with Gasteiger partial charge in [0.1, 0.15) is 11.4 Å². The van der Waals surface area contributed by atoms with E-state index >= 15 is 0 Å². The molecule has 0 aliphatic rings. The van der Waals surface area contributed by atoms with Crippen molar-refractivity contribution in [2.24, 2.45) is 0 Å². The number of hydrogen-bond donors (Lipinski definition) is 0. The molecular formula is C23H15F3N2O3. The fourth-order valence-corrected chi connectivity index (χ4v) is 3.28. The molecule has 0 unspecified atom stereocenters. The van der Waals surface area contributed by atoms with Crippen LogP contribution in [0.1, 0.15) is 15.9 Å². The summed E-state index contributed by atoms with van der Waals surface area (Å²) in [5.41, 5.74) is 0.311. The average Bonchev–Trinajstić information content (AvgIpc) is 2.73. The second kappa shape index (κ2) is 8.06. The summed E-state index contributed by atoms with van der Waals surface area (Å²) in [5.74, 6) is -0.889. The van der Waals surface area contributed by atoms with Crippen molar-refractivity contribution in [2.45, 2.75) is 12.8 Å². The molecule has 0 atom stereocenters. The van der Waals surface area contributed by atoms with Crippen LogP contribution in [0.4, 0.5) is 13.2 Å². The first-order valence-electron chi connectivity index (χ1n) is 9.26. The van der Waals surface area contributed by atoms with Crippen molar-refractivity contribution < 1.29 is 22.7 Å². The summed E-state index contributed by atoms with van der Waals surface area (Å²) < 4.78 is 43.0. The van der Waals surface area contributed by atoms with Crippen molar-refractivity contribution in [3.8, 4) is 11.4 Å². The Labute approximate surface area is 174 Å². The van der Waals surface area contributed by atoms with Crippen LogP contribution < -0.4 is 10.3 Å². The molecule has 8 heteroatoms. The molecule has 2 aromatic carbocycles. The van der Waals surface area contributed by atoms with Gasteiger partial charge >= 0.3 is 6.36 Å². The Morgan fingerprint density at radius 2 is 1.74 bits per heavy atom. The summed E-state index contributed by atoms with van der Waals surface area (Å²) in [7, 11) is 0. The van der Waals surface area contributed by atoms with E-state index in [0.717, 1.165) is 22.3 Å². The third-order valence-electron chi connectivity index (χ3n) is 4.58. The zero-order chi connectivity index (χ0) is 22.0. The molecule has 4 rings (SSSR count). The highest BCUT2D eigenvalue weighted by atomic mass is 19.4. The Kier molecular flexibility index (Phi) is 5.29. The largest absolute Gasteiger partial charge is 0.573 e. The number of ether oxygens (including phenoxy) is 1. The zero-order valence-corrected chi connectivity index (χ0v) is 16.0. The quantitative estimate of drug-likeness (QED) is 0.436. The van der Waals surface area contributed by atoms with Gasteiger partial charge in [-0.3, -0.25) is 14.2 Å². The van der Waals surface area contributed by atoms with Gasteiger partial charge in [0.25, 0.3) is 5.56 Å². The number of fused-ring (bicyclic) bond motifs is 1. The van der Waals surface area contributed by atoms with Crippen molar-refractivity contribution in [1.29, 1.82) is 0 Å². The normalized spacial score (nSPS) is 11.5. The van der Waals surface area contributed by atoms with E-state index < -0.39 is 23.5 Å². The molecule has 156 valence electrons. The molecule has 0 saturated heterocycles. The Hall–Kier alpha value is -3.94. The maximum Gasteiger partial charge on any atom is 0.573 e. The molecule has 0 N–H and O–H groups in total. The SMILES string of the molecule is O=C(Cc1ccccc1)c1cc2cccnc2n(-c2cccc(OC(F)(F)F)c2)c1=O. The first-order valence-corrected chi connectivity index (χ1v) is 9.26. The van der Waals surface area contributed by atoms with E-state index in [9.17, 15) is 22.8 Å². The standard InChI is InChI=1S/C23H15F3N2O3/c24-23(25,26)31-18-10-4-9-17(14-18)28-21-16(8-5-11-27-21)13-19(22(28)30)20(29)12-15-6-2-1-3-7-15/h1-11,13-14H,12H2. The number of ketones is 1. The lowest BCUT2D eigenvalue weighted by atomic mass is 10.0. The number of benzene rings is 2. The highest BCUT2D eigenvalue weighted by Gasteiger charge is 2.31. The van der Waals surface area contributed by atoms with Crippen molar-refractivity contribution >= 4 is 16.8 Å². The molecule has 0 aliphatic carbocycles. The lowest BCUT2D eigenvalue weighted by Crippen LogP contribution is -2.27. The molecule has 0 spiro atoms. The second-order valence-electron chi connectivity index (χ2n) is 6.75. The van der Waals surface area contributed by atoms with E-state index in [1.54, 1.807) is 36.4 Å². The van der Waals surface area contributed by atoms with Gasteiger partial charge in [0.15, 0.2) is 5.78 Å². The number of Topliss-reactive ketones (excluding diaryl/α,β-unsaturated/α-hetero) is 1. The van der Waals surface area contributed by atoms with E-state index in [1.165, 1.54) is 24.4 Å². The van der Waals surface area contributed by atoms with Gasteiger partial charge in [-0.05, 0) is 35.9 Å². The van der Waals surface area contributed by atoms with Gasteiger partial charge < -0.3 is 4.74 Å². The number of carbonyl (C=O) groups is 1. The van der Waals surface area contributed by atoms with E-state index in [1.807, 2.05) is 6.07 Å². The van der Waals surface area contributed by atoms with E-state index in [2.05, 4.69) is 9.72 Å². The van der Waals surface area contributed by atoms with Crippen LogP contribution in [0.15, 0.2) is 83.8 Å². The number of rotatable bonds is 5. The first-order chi connectivity index (χ1) is 14.8. The summed E-state index contributed by atoms with van der Waals surface area (Å²) in [5, 5.41) is 0.501. The fourth-order valence-electron chi connectivity index (χ4n) is 3.28. The van der Waals surface area contributed by atoms with Gasteiger partial charge in [-0.2, -0.15) is 0 Å². The number of pyridine rings is 2. The Morgan fingerprint density at radius 3 is 2.48 bits per heavy atom. The molecule has 4 aromatic rings. The number of aromatic nitrogens is 2. The topological polar surface area (TPSA) is 61.2 Å². The van der Waals surface area contributed by atoms with Gasteiger partial charge in [-0.25, -0.2) is 4.98 Å². The van der Waals surface area contributed by atoms with Gasteiger partial charge in [-0.1, -0.05) is 36.4 Å². The molecule has 2 heterocycles. The summed E-state index contributed by atoms with van der Waals surface area (Å²) in [6.45, 7) is 0. The van der Waals surface area contributed by atoms with Crippen LogP contribution in [0, 0.1) is 0 Å². The minimum absolute atomic E-state index is 0.0130. The van der Waals surface area contributed by atoms with Gasteiger partial charge in [0.2, 0.25) is 0 Å². The van der Waals surface area contributed by atoms with Crippen molar-refractivity contribution in [3.63, 3.8) is 0 Å². The molecule has 0 fully saturated rings. The third-order valence-corrected chi connectivity index (χ3v) is 4.58. The van der Waals surface area contributed by atoms with E-state index in [4.69, 9.17) is 0 Å². The first kappa shape index (κ1) is 20.3. The molecule has 0 saturated carbocycles. The van der Waals surface area contributed by atoms with Crippen LogP contribution in [-0.2, 0) is 6.42 Å². The number of carbonyl (C=O) groups excluding carboxylic acids is 1. The molecule has 2 aromatic heterocycles. The van der Waals surface area contributed by atoms with Crippen LogP contribution in [0.25, 0.3) is 16.7 Å². The van der Waals surface area contributed by atoms with Crippen molar-refractivity contribution in [3.05, 3.63) is 100 Å². The summed E-state index contributed by atoms with van der Waals surface area (Å²) in [6, 6.07) is 18.7. The van der Waals surface area contributed by atoms with Crippen molar-refractivity contribution in [2.75, 3.05) is 0 Å². The Morgan fingerprint density at radius 1 is 0.968 bits per heavy atom. The lowest BCUT2D eigenvalue weighted by molar-refractivity contribution is -0.274. The summed E-state index contributed by atoms with van der Waals surface area (Å²) in [4.78, 5) is 30.4. The van der Waals surface area contributed by atoms with Gasteiger partial charge in [-0.15, -0.1) is 13.2 Å². The lowest BCUT2D eigenvalue weighted by Gasteiger charge is -2.14. The fraction of sp³-hybridized carbons (Fsp3) is 0.0870. The summed E-state index contributed by atoms with van der Waals surface area (Å²) >= 11 is 0. The highest BCUT2D eigenvalue weighted by Crippen LogP contribution is 2.25. The van der Waals surface area contributed by atoms with Crippen LogP contribution >= 0.6 is 0 Å². The van der Waals surface area contributed by atoms with Crippen LogP contribution in [-0.4, -0.2) is 21.7 Å². The number of nitrogens with zero attached hydrogens (tertiary/aromatic N) is 2. The minimum atomic E-state index is -4.88. The predicted octanol–water partition coefficient (Wildman–Crippen LogP) is 4.71. The number of alkyl halides is 3. The molecule has 0 radical (unpaired) electrons. The summed E-state index contributed by atoms with van der Waals surface area (Å²) in [6.07, 6.45) is -3.41. The third kappa shape index (κ3) is 4.48. The second-order valence-corrected chi connectivity index (χ2v) is 6.75. The predicted molar refractivity (Wildman–Crippen MR) is 108 cm³/mol. The molecule has 0 amide bonds. The zero-order valence-electron chi connectivity index (χ0n) is 16.0. The maximum atomic E-state index is 13.3. The van der Waals surface area contributed by atoms with E-state index in [0.29, 0.717) is 5.39 Å². The highest BCUT2D eigenvalue weighted by molar-refractivity contribution is 5.99. The Balaban J connectivity index is 1.86. The monoisotopic (exact) mass is 424 g/mol. The molecule has 31 heavy (non-hydrogen) atoms. The van der Waals surface area contributed by atoms with Gasteiger partial charge in [0.05, 0.1) is 11.3 Å². The smallest absolute Gasteiger partial charge is 0.406 e. The van der Waals surface area contributed by atoms with Crippen LogP contribution in [0.2, 0.25) is 0 Å². The van der Waals surface area contributed by atoms with E-state index in [-0.39, 0.29) is 23.3 Å². The Bertz CT molecular complexity index is 1320. The van der Waals surface area contributed by atoms with Crippen molar-refractivity contribution in [1.82, 2.24) is 9.55 Å². The molecular weight excluding hydrogens is 409 g/mol. The van der Waals surface area contributed by atoms with Crippen LogP contribution in [0.3, 0.4) is 0 Å². The minimum Gasteiger partial charge on any atom is -0.406 e. The van der Waals surface area contributed by atoms with Gasteiger partial charge in [0, 0.05) is 24.1 Å². The number of halogens is 3. The maximum absolute atomic E-state index is 13.3. The van der Waals surface area contributed by atoms with Crippen LogP contribution in [0.5, 0.6) is 5.75 Å². The molecule has 5 nitrogen and oxygen atoms in total. The molecule has 0 aliphatic heterocycles.